The summed E-state index contributed by atoms with van der Waals surface area (Å²) >= 11 is 0. The van der Waals surface area contributed by atoms with Crippen molar-refractivity contribution in [1.82, 2.24) is 5.32 Å². The van der Waals surface area contributed by atoms with E-state index in [1.165, 1.54) is 0 Å². The Labute approximate surface area is 76.6 Å². The lowest BCUT2D eigenvalue weighted by Gasteiger charge is -2.25. The first-order valence-corrected chi connectivity index (χ1v) is 4.69. The molecule has 0 aromatic carbocycles. The van der Waals surface area contributed by atoms with Crippen molar-refractivity contribution in [2.45, 2.75) is 19.3 Å². The van der Waals surface area contributed by atoms with Gasteiger partial charge in [-0.25, -0.2) is 0 Å². The van der Waals surface area contributed by atoms with Crippen LogP contribution < -0.4 is 5.32 Å². The van der Waals surface area contributed by atoms with Crippen molar-refractivity contribution >= 4 is 11.8 Å². The Morgan fingerprint density at radius 3 is 2.46 bits per heavy atom. The molecular formula is C9H13NO3. The summed E-state index contributed by atoms with van der Waals surface area (Å²) in [5.41, 5.74) is 0. The Balaban J connectivity index is 1.99. The van der Waals surface area contributed by atoms with Gasteiger partial charge in [-0.15, -0.1) is 0 Å². The fourth-order valence-electron chi connectivity index (χ4n) is 2.07. The zero-order chi connectivity index (χ0) is 9.26. The molecule has 0 saturated carbocycles. The Morgan fingerprint density at radius 1 is 1.23 bits per heavy atom. The molecule has 1 N–H and O–H groups in total. The summed E-state index contributed by atoms with van der Waals surface area (Å²) in [4.78, 5) is 22.3. The fourth-order valence-corrected chi connectivity index (χ4v) is 2.07. The molecule has 2 fully saturated rings. The van der Waals surface area contributed by atoms with Crippen LogP contribution in [0.2, 0.25) is 0 Å². The van der Waals surface area contributed by atoms with Gasteiger partial charge in [-0.1, -0.05) is 0 Å². The summed E-state index contributed by atoms with van der Waals surface area (Å²) < 4.78 is 5.20. The number of imide groups is 1. The Kier molecular flexibility index (Phi) is 2.31. The molecule has 2 amide bonds. The topological polar surface area (TPSA) is 55.4 Å². The first kappa shape index (κ1) is 8.69. The molecule has 2 heterocycles. The van der Waals surface area contributed by atoms with Crippen molar-refractivity contribution in [2.75, 3.05) is 13.2 Å². The van der Waals surface area contributed by atoms with Crippen LogP contribution in [0.1, 0.15) is 19.3 Å². The molecule has 0 aromatic heterocycles. The summed E-state index contributed by atoms with van der Waals surface area (Å²) in [6, 6.07) is 0. The van der Waals surface area contributed by atoms with Gasteiger partial charge in [0.05, 0.1) is 5.92 Å². The van der Waals surface area contributed by atoms with E-state index >= 15 is 0 Å². The molecule has 2 aliphatic rings. The smallest absolute Gasteiger partial charge is 0.230 e. The number of rotatable bonds is 1. The van der Waals surface area contributed by atoms with Crippen LogP contribution >= 0.6 is 0 Å². The van der Waals surface area contributed by atoms with E-state index in [1.54, 1.807) is 0 Å². The molecule has 1 atom stereocenters. The maximum Gasteiger partial charge on any atom is 0.230 e. The highest BCUT2D eigenvalue weighted by atomic mass is 16.5. The van der Waals surface area contributed by atoms with E-state index in [0.29, 0.717) is 12.3 Å². The highest BCUT2D eigenvalue weighted by Crippen LogP contribution is 2.28. The van der Waals surface area contributed by atoms with Crippen molar-refractivity contribution < 1.29 is 14.3 Å². The SMILES string of the molecule is O=C1CC(C2CCOCC2)C(=O)N1. The number of carbonyl (C=O) groups is 2. The molecule has 0 aromatic rings. The number of nitrogens with one attached hydrogen (secondary N) is 1. The molecule has 0 radical (unpaired) electrons. The predicted octanol–water partition coefficient (Wildman–Crippen LogP) is 0.0757. The third-order valence-electron chi connectivity index (χ3n) is 2.84. The van der Waals surface area contributed by atoms with Gasteiger partial charge in [0.25, 0.3) is 0 Å². The second-order valence-corrected chi connectivity index (χ2v) is 3.67. The minimum Gasteiger partial charge on any atom is -0.381 e. The number of ether oxygens (including phenoxy) is 1. The summed E-state index contributed by atoms with van der Waals surface area (Å²) in [6.45, 7) is 1.45. The third-order valence-corrected chi connectivity index (χ3v) is 2.84. The lowest BCUT2D eigenvalue weighted by molar-refractivity contribution is -0.126. The van der Waals surface area contributed by atoms with Crippen molar-refractivity contribution in [3.63, 3.8) is 0 Å². The Morgan fingerprint density at radius 2 is 1.92 bits per heavy atom. The Hall–Kier alpha value is -0.900. The van der Waals surface area contributed by atoms with Gasteiger partial charge < -0.3 is 4.74 Å². The van der Waals surface area contributed by atoms with Gasteiger partial charge in [0, 0.05) is 19.6 Å². The van der Waals surface area contributed by atoms with Crippen LogP contribution in [-0.4, -0.2) is 25.0 Å². The minimum atomic E-state index is -0.124. The standard InChI is InChI=1S/C9H13NO3/c11-8-5-7(9(12)10-8)6-1-3-13-4-2-6/h6-7H,1-5H2,(H,10,11,12). The molecule has 1 unspecified atom stereocenters. The molecule has 4 heteroatoms. The third kappa shape index (κ3) is 1.72. The van der Waals surface area contributed by atoms with E-state index in [1.807, 2.05) is 0 Å². The second-order valence-electron chi connectivity index (χ2n) is 3.67. The first-order chi connectivity index (χ1) is 6.27. The number of hydrogen-bond acceptors (Lipinski definition) is 3. The van der Waals surface area contributed by atoms with Crippen LogP contribution in [0.15, 0.2) is 0 Å². The lowest BCUT2D eigenvalue weighted by atomic mass is 9.85. The van der Waals surface area contributed by atoms with E-state index in [-0.39, 0.29) is 17.7 Å². The molecule has 72 valence electrons. The predicted molar refractivity (Wildman–Crippen MR) is 44.8 cm³/mol. The van der Waals surface area contributed by atoms with Crippen LogP contribution in [0, 0.1) is 11.8 Å². The molecule has 4 nitrogen and oxygen atoms in total. The van der Waals surface area contributed by atoms with E-state index in [0.717, 1.165) is 26.1 Å². The van der Waals surface area contributed by atoms with Gasteiger partial charge in [-0.05, 0) is 18.8 Å². The van der Waals surface area contributed by atoms with Crippen LogP contribution in [0.3, 0.4) is 0 Å². The van der Waals surface area contributed by atoms with Gasteiger partial charge in [0.2, 0.25) is 11.8 Å². The summed E-state index contributed by atoms with van der Waals surface area (Å²) in [5.74, 6) is 0.0509. The van der Waals surface area contributed by atoms with E-state index in [4.69, 9.17) is 4.74 Å². The zero-order valence-electron chi connectivity index (χ0n) is 7.41. The van der Waals surface area contributed by atoms with E-state index < -0.39 is 0 Å². The first-order valence-electron chi connectivity index (χ1n) is 4.69. The molecule has 13 heavy (non-hydrogen) atoms. The van der Waals surface area contributed by atoms with Crippen molar-refractivity contribution in [3.8, 4) is 0 Å². The van der Waals surface area contributed by atoms with Crippen LogP contribution in [0.25, 0.3) is 0 Å². The fraction of sp³-hybridized carbons (Fsp3) is 0.778. The molecule has 0 aliphatic carbocycles. The van der Waals surface area contributed by atoms with Crippen molar-refractivity contribution in [2.24, 2.45) is 11.8 Å². The van der Waals surface area contributed by atoms with Crippen LogP contribution in [0.5, 0.6) is 0 Å². The average Bonchev–Trinajstić information content (AvgIpc) is 2.47. The minimum absolute atomic E-state index is 0.0862. The van der Waals surface area contributed by atoms with Crippen molar-refractivity contribution in [1.29, 1.82) is 0 Å². The summed E-state index contributed by atoms with van der Waals surface area (Å²) in [7, 11) is 0. The number of hydrogen-bond donors (Lipinski definition) is 1. The van der Waals surface area contributed by atoms with Gasteiger partial charge >= 0.3 is 0 Å². The largest absolute Gasteiger partial charge is 0.381 e. The summed E-state index contributed by atoms with van der Waals surface area (Å²) in [6.07, 6.45) is 2.19. The maximum absolute atomic E-state index is 11.3. The van der Waals surface area contributed by atoms with Gasteiger partial charge in [-0.3, -0.25) is 14.9 Å². The maximum atomic E-state index is 11.3. The highest BCUT2D eigenvalue weighted by molar-refractivity contribution is 6.03. The molecular weight excluding hydrogens is 170 g/mol. The van der Waals surface area contributed by atoms with E-state index in [2.05, 4.69) is 5.32 Å². The monoisotopic (exact) mass is 183 g/mol. The van der Waals surface area contributed by atoms with Crippen LogP contribution in [0.4, 0.5) is 0 Å². The normalized spacial score (nSPS) is 30.6. The highest BCUT2D eigenvalue weighted by Gasteiger charge is 2.37. The quantitative estimate of drug-likeness (QED) is 0.585. The zero-order valence-corrected chi connectivity index (χ0v) is 7.41. The number of amides is 2. The van der Waals surface area contributed by atoms with Crippen LogP contribution in [-0.2, 0) is 14.3 Å². The molecule has 0 bridgehead atoms. The molecule has 0 spiro atoms. The molecule has 2 aliphatic heterocycles. The van der Waals surface area contributed by atoms with E-state index in [9.17, 15) is 9.59 Å². The molecule has 2 saturated heterocycles. The van der Waals surface area contributed by atoms with Crippen molar-refractivity contribution in [3.05, 3.63) is 0 Å². The number of carbonyl (C=O) groups excluding carboxylic acids is 2. The van der Waals surface area contributed by atoms with Gasteiger partial charge in [-0.2, -0.15) is 0 Å². The molecule has 2 rings (SSSR count). The van der Waals surface area contributed by atoms with Gasteiger partial charge in [0.1, 0.15) is 0 Å². The lowest BCUT2D eigenvalue weighted by Crippen LogP contribution is -2.29. The Bertz CT molecular complexity index is 233. The average molecular weight is 183 g/mol. The summed E-state index contributed by atoms with van der Waals surface area (Å²) in [5, 5.41) is 2.35. The second kappa shape index (κ2) is 3.46. The van der Waals surface area contributed by atoms with Gasteiger partial charge in [0.15, 0.2) is 0 Å².